The Morgan fingerprint density at radius 3 is 2.32 bits per heavy atom. The number of rotatable bonds is 0. The molecule has 2 aromatic rings. The third-order valence-corrected chi connectivity index (χ3v) is 6.14. The smallest absolute Gasteiger partial charge is 0.222 e. The van der Waals surface area contributed by atoms with Gasteiger partial charge in [0.05, 0.1) is 0 Å². The highest BCUT2D eigenvalue weighted by Gasteiger charge is 2.58. The summed E-state index contributed by atoms with van der Waals surface area (Å²) in [5.74, 6) is -0.0736. The van der Waals surface area contributed by atoms with Gasteiger partial charge in [-0.3, -0.25) is 9.59 Å². The summed E-state index contributed by atoms with van der Waals surface area (Å²) < 4.78 is -1.05. The van der Waals surface area contributed by atoms with E-state index in [1.165, 1.54) is 23.5 Å². The van der Waals surface area contributed by atoms with Crippen molar-refractivity contribution in [3.8, 4) is 0 Å². The van der Waals surface area contributed by atoms with Gasteiger partial charge in [0.1, 0.15) is 0 Å². The fourth-order valence-electron chi connectivity index (χ4n) is 2.58. The predicted molar refractivity (Wildman–Crippen MR) is 75.6 cm³/mol. The lowest BCUT2D eigenvalue weighted by Gasteiger charge is -2.18. The summed E-state index contributed by atoms with van der Waals surface area (Å²) in [6.07, 6.45) is 0. The number of thioether (sulfide) groups is 2. The number of hydrogen-bond acceptors (Lipinski definition) is 4. The van der Waals surface area contributed by atoms with Gasteiger partial charge in [0.25, 0.3) is 0 Å². The molecule has 0 aliphatic carbocycles. The van der Waals surface area contributed by atoms with E-state index in [-0.39, 0.29) is 10.9 Å². The van der Waals surface area contributed by atoms with E-state index in [0.717, 1.165) is 15.4 Å². The lowest BCUT2D eigenvalue weighted by Crippen LogP contribution is -2.32. The highest BCUT2D eigenvalue weighted by molar-refractivity contribution is 8.17. The maximum absolute atomic E-state index is 12.7. The molecule has 0 N–H and O–H groups in total. The molecular weight excluding hydrogens is 276 g/mol. The molecule has 2 aliphatic rings. The summed E-state index contributed by atoms with van der Waals surface area (Å²) in [5.41, 5.74) is 1.51. The molecule has 2 aliphatic heterocycles. The minimum absolute atomic E-state index is 0.0695. The van der Waals surface area contributed by atoms with Crippen LogP contribution in [-0.4, -0.2) is 10.9 Å². The molecule has 0 saturated heterocycles. The number of carbonyl (C=O) groups is 2. The first kappa shape index (κ1) is 11.3. The van der Waals surface area contributed by atoms with Crippen LogP contribution in [0.2, 0.25) is 0 Å². The van der Waals surface area contributed by atoms with Crippen molar-refractivity contribution in [1.82, 2.24) is 0 Å². The van der Waals surface area contributed by atoms with Crippen molar-refractivity contribution in [1.29, 1.82) is 0 Å². The lowest BCUT2D eigenvalue weighted by atomic mass is 9.91. The Bertz CT molecular complexity index is 738. The molecule has 2 nitrogen and oxygen atoms in total. The average molecular weight is 284 g/mol. The molecule has 2 heterocycles. The van der Waals surface area contributed by atoms with Crippen LogP contribution in [0.4, 0.5) is 0 Å². The number of benzene rings is 2. The second-order valence-electron chi connectivity index (χ2n) is 4.49. The van der Waals surface area contributed by atoms with E-state index < -0.39 is 4.75 Å². The van der Waals surface area contributed by atoms with Crippen molar-refractivity contribution >= 4 is 34.4 Å². The van der Waals surface area contributed by atoms with Gasteiger partial charge in [0, 0.05) is 15.4 Å². The van der Waals surface area contributed by atoms with Crippen LogP contribution < -0.4 is 0 Å². The first-order chi connectivity index (χ1) is 9.23. The highest BCUT2D eigenvalue weighted by atomic mass is 32.2. The van der Waals surface area contributed by atoms with E-state index in [4.69, 9.17) is 0 Å². The Kier molecular flexibility index (Phi) is 2.23. The quantitative estimate of drug-likeness (QED) is 0.693. The second kappa shape index (κ2) is 3.74. The maximum Gasteiger partial charge on any atom is 0.222 e. The number of carbonyl (C=O) groups excluding carboxylic acids is 2. The van der Waals surface area contributed by atoms with Crippen molar-refractivity contribution in [2.75, 3.05) is 0 Å². The predicted octanol–water partition coefficient (Wildman–Crippen LogP) is 3.50. The summed E-state index contributed by atoms with van der Waals surface area (Å²) in [7, 11) is 0. The molecule has 0 radical (unpaired) electrons. The molecule has 0 amide bonds. The first-order valence-electron chi connectivity index (χ1n) is 5.88. The van der Waals surface area contributed by atoms with Gasteiger partial charge in [-0.1, -0.05) is 48.2 Å². The van der Waals surface area contributed by atoms with Crippen LogP contribution in [0.1, 0.15) is 15.9 Å². The van der Waals surface area contributed by atoms with Crippen LogP contribution in [0.3, 0.4) is 0 Å². The van der Waals surface area contributed by atoms with E-state index in [0.29, 0.717) is 5.56 Å². The molecule has 1 spiro atoms. The summed E-state index contributed by atoms with van der Waals surface area (Å²) >= 11 is 2.57. The number of Topliss-reactive ketones (excluding diaryl/α,β-unsaturated/α-hetero) is 1. The third-order valence-electron chi connectivity index (χ3n) is 3.47. The Morgan fingerprint density at radius 2 is 1.53 bits per heavy atom. The van der Waals surface area contributed by atoms with Gasteiger partial charge in [-0.25, -0.2) is 0 Å². The molecular formula is C15H8O2S2. The summed E-state index contributed by atoms with van der Waals surface area (Å²) in [6, 6.07) is 15.0. The van der Waals surface area contributed by atoms with Crippen LogP contribution in [0, 0.1) is 0 Å². The molecule has 4 rings (SSSR count). The SMILES string of the molecule is O=C1Sc2ccccc2C12Sc1ccccc1C2=O. The number of fused-ring (bicyclic) bond motifs is 3. The largest absolute Gasteiger partial charge is 0.292 e. The lowest BCUT2D eigenvalue weighted by molar-refractivity contribution is -0.111. The fraction of sp³-hybridized carbons (Fsp3) is 0.0667. The molecule has 0 saturated carbocycles. The van der Waals surface area contributed by atoms with Gasteiger partial charge in [-0.05, 0) is 29.5 Å². The van der Waals surface area contributed by atoms with E-state index in [1.807, 2.05) is 42.5 Å². The van der Waals surface area contributed by atoms with Gasteiger partial charge < -0.3 is 0 Å². The molecule has 0 bridgehead atoms. The molecule has 1 atom stereocenters. The monoisotopic (exact) mass is 284 g/mol. The minimum Gasteiger partial charge on any atom is -0.292 e. The second-order valence-corrected chi connectivity index (χ2v) is 6.77. The van der Waals surface area contributed by atoms with Gasteiger partial charge in [0.15, 0.2) is 10.5 Å². The van der Waals surface area contributed by atoms with E-state index >= 15 is 0 Å². The molecule has 2 aromatic carbocycles. The molecule has 92 valence electrons. The zero-order valence-corrected chi connectivity index (χ0v) is 11.4. The van der Waals surface area contributed by atoms with Gasteiger partial charge >= 0.3 is 0 Å². The standard InChI is InChI=1S/C15H8O2S2/c16-13-9-5-1-3-7-11(9)19-15(13)10-6-2-4-8-12(10)18-14(15)17/h1-8H. The van der Waals surface area contributed by atoms with Crippen molar-refractivity contribution in [3.63, 3.8) is 0 Å². The van der Waals surface area contributed by atoms with Crippen LogP contribution in [0.5, 0.6) is 0 Å². The summed E-state index contributed by atoms with van der Waals surface area (Å²) in [5, 5.41) is -0.0695. The molecule has 0 aromatic heterocycles. The molecule has 19 heavy (non-hydrogen) atoms. The highest BCUT2D eigenvalue weighted by Crippen LogP contribution is 2.59. The Balaban J connectivity index is 1.99. The Hall–Kier alpha value is -1.52. The van der Waals surface area contributed by atoms with Crippen molar-refractivity contribution in [2.45, 2.75) is 14.5 Å². The Morgan fingerprint density at radius 1 is 0.842 bits per heavy atom. The molecule has 1 unspecified atom stereocenters. The molecule has 4 heteroatoms. The topological polar surface area (TPSA) is 34.1 Å². The van der Waals surface area contributed by atoms with E-state index in [9.17, 15) is 9.59 Å². The van der Waals surface area contributed by atoms with Crippen molar-refractivity contribution < 1.29 is 9.59 Å². The number of ketones is 1. The van der Waals surface area contributed by atoms with Crippen LogP contribution in [0.15, 0.2) is 58.3 Å². The Labute approximate surface area is 118 Å². The van der Waals surface area contributed by atoms with Gasteiger partial charge in [-0.2, -0.15) is 0 Å². The number of hydrogen-bond donors (Lipinski definition) is 0. The van der Waals surface area contributed by atoms with Gasteiger partial charge in [0.2, 0.25) is 5.12 Å². The zero-order valence-electron chi connectivity index (χ0n) is 9.75. The summed E-state index contributed by atoms with van der Waals surface area (Å²) in [6.45, 7) is 0. The maximum atomic E-state index is 12.7. The van der Waals surface area contributed by atoms with E-state index in [1.54, 1.807) is 6.07 Å². The third kappa shape index (κ3) is 1.30. The van der Waals surface area contributed by atoms with Crippen molar-refractivity contribution in [3.05, 3.63) is 59.7 Å². The first-order valence-corrected chi connectivity index (χ1v) is 7.51. The van der Waals surface area contributed by atoms with Crippen molar-refractivity contribution in [2.24, 2.45) is 0 Å². The molecule has 0 fully saturated rings. The van der Waals surface area contributed by atoms with Crippen LogP contribution in [0.25, 0.3) is 0 Å². The van der Waals surface area contributed by atoms with Gasteiger partial charge in [-0.15, -0.1) is 0 Å². The zero-order chi connectivity index (χ0) is 13.0. The average Bonchev–Trinajstić information content (AvgIpc) is 2.89. The van der Waals surface area contributed by atoms with E-state index in [2.05, 4.69) is 0 Å². The normalized spacial score (nSPS) is 23.8. The van der Waals surface area contributed by atoms with Crippen LogP contribution in [-0.2, 0) is 9.54 Å². The van der Waals surface area contributed by atoms with Crippen LogP contribution >= 0.6 is 23.5 Å². The minimum atomic E-state index is -1.05. The fourth-order valence-corrected chi connectivity index (χ4v) is 5.24. The summed E-state index contributed by atoms with van der Waals surface area (Å²) in [4.78, 5) is 27.0.